The highest BCUT2D eigenvalue weighted by atomic mass is 79.9. The van der Waals surface area contributed by atoms with E-state index in [0.29, 0.717) is 25.4 Å². The number of nitrogens with zero attached hydrogens (tertiary/aromatic N) is 2. The number of rotatable bonds is 5. The second-order valence-corrected chi connectivity index (χ2v) is 5.97. The first-order valence-electron chi connectivity index (χ1n) is 6.32. The van der Waals surface area contributed by atoms with Gasteiger partial charge in [-0.05, 0) is 34.3 Å². The number of hydrogen-bond donors (Lipinski definition) is 1. The van der Waals surface area contributed by atoms with Crippen molar-refractivity contribution in [3.05, 3.63) is 32.3 Å². The third-order valence-corrected chi connectivity index (χ3v) is 4.77. The Bertz CT molecular complexity index is 621. The lowest BCUT2D eigenvalue weighted by molar-refractivity contribution is 0.0521. The molecule has 108 valence electrons. The molecule has 0 amide bonds. The Labute approximate surface area is 129 Å². The van der Waals surface area contributed by atoms with Gasteiger partial charge in [0.25, 0.3) is 0 Å². The fourth-order valence-electron chi connectivity index (χ4n) is 1.89. The lowest BCUT2D eigenvalue weighted by Gasteiger charge is -2.08. The fourth-order valence-corrected chi connectivity index (χ4v) is 3.36. The largest absolute Gasteiger partial charge is 0.461 e. The van der Waals surface area contributed by atoms with Gasteiger partial charge < -0.3 is 15.0 Å². The number of nitrogen functional groups attached to an aromatic ring is 1. The van der Waals surface area contributed by atoms with Crippen molar-refractivity contribution in [2.75, 3.05) is 12.3 Å². The zero-order valence-corrected chi connectivity index (χ0v) is 13.8. The molecular formula is C13H16BrN3O2S. The molecule has 0 fully saturated rings. The third-order valence-electron chi connectivity index (χ3n) is 2.86. The van der Waals surface area contributed by atoms with E-state index in [0.717, 1.165) is 15.2 Å². The molecule has 0 spiro atoms. The van der Waals surface area contributed by atoms with Crippen LogP contribution in [0.4, 0.5) is 5.82 Å². The average Bonchev–Trinajstić information content (AvgIpc) is 2.96. The van der Waals surface area contributed by atoms with Crippen molar-refractivity contribution >= 4 is 39.1 Å². The molecular weight excluding hydrogens is 342 g/mol. The van der Waals surface area contributed by atoms with Crippen LogP contribution in [0.1, 0.15) is 35.0 Å². The van der Waals surface area contributed by atoms with Crippen LogP contribution in [0, 0.1) is 0 Å². The van der Waals surface area contributed by atoms with Crippen LogP contribution in [0.5, 0.6) is 0 Å². The van der Waals surface area contributed by atoms with E-state index in [-0.39, 0.29) is 5.69 Å². The van der Waals surface area contributed by atoms with Gasteiger partial charge in [-0.3, -0.25) is 0 Å². The van der Waals surface area contributed by atoms with Crippen molar-refractivity contribution in [3.63, 3.8) is 0 Å². The van der Waals surface area contributed by atoms with Crippen LogP contribution >= 0.6 is 27.3 Å². The summed E-state index contributed by atoms with van der Waals surface area (Å²) in [6.45, 7) is 4.65. The predicted octanol–water partition coefficient (Wildman–Crippen LogP) is 3.08. The molecule has 5 nitrogen and oxygen atoms in total. The fraction of sp³-hybridized carbons (Fsp3) is 0.385. The minimum Gasteiger partial charge on any atom is -0.461 e. The van der Waals surface area contributed by atoms with Gasteiger partial charge in [-0.2, -0.15) is 0 Å². The molecule has 0 unspecified atom stereocenters. The molecule has 2 rings (SSSR count). The number of thiophene rings is 1. The normalized spacial score (nSPS) is 10.8. The summed E-state index contributed by atoms with van der Waals surface area (Å²) >= 11 is 5.13. The van der Waals surface area contributed by atoms with Crippen molar-refractivity contribution in [3.8, 4) is 0 Å². The molecule has 0 saturated carbocycles. The summed E-state index contributed by atoms with van der Waals surface area (Å²) in [5.74, 6) is 0.676. The molecule has 20 heavy (non-hydrogen) atoms. The van der Waals surface area contributed by atoms with Crippen molar-refractivity contribution in [2.24, 2.45) is 0 Å². The van der Waals surface area contributed by atoms with E-state index >= 15 is 0 Å². The van der Waals surface area contributed by atoms with Gasteiger partial charge in [-0.25, -0.2) is 9.78 Å². The molecule has 0 aromatic carbocycles. The van der Waals surface area contributed by atoms with Crippen molar-refractivity contribution < 1.29 is 9.53 Å². The Morgan fingerprint density at radius 2 is 2.30 bits per heavy atom. The van der Waals surface area contributed by atoms with E-state index in [1.165, 1.54) is 0 Å². The second-order valence-electron chi connectivity index (χ2n) is 4.11. The number of nitrogens with two attached hydrogens (primary N) is 1. The van der Waals surface area contributed by atoms with Crippen molar-refractivity contribution in [1.29, 1.82) is 0 Å². The molecule has 0 radical (unpaired) electrons. The number of anilines is 1. The van der Waals surface area contributed by atoms with Gasteiger partial charge in [-0.15, -0.1) is 11.3 Å². The maximum atomic E-state index is 11.8. The first-order chi connectivity index (χ1) is 9.58. The summed E-state index contributed by atoms with van der Waals surface area (Å²) < 4.78 is 7.88. The topological polar surface area (TPSA) is 70.1 Å². The summed E-state index contributed by atoms with van der Waals surface area (Å²) in [4.78, 5) is 17.3. The lowest BCUT2D eigenvalue weighted by Crippen LogP contribution is -2.10. The zero-order chi connectivity index (χ0) is 14.7. The highest BCUT2D eigenvalue weighted by Gasteiger charge is 2.21. The Balaban J connectivity index is 2.37. The van der Waals surface area contributed by atoms with Crippen LogP contribution in [0.3, 0.4) is 0 Å². The molecule has 7 heteroatoms. The Kier molecular flexibility index (Phi) is 4.82. The molecule has 0 atom stereocenters. The monoisotopic (exact) mass is 357 g/mol. The van der Waals surface area contributed by atoms with E-state index in [4.69, 9.17) is 10.5 Å². The number of hydrogen-bond acceptors (Lipinski definition) is 5. The molecule has 0 aliphatic rings. The van der Waals surface area contributed by atoms with E-state index in [9.17, 15) is 4.79 Å². The van der Waals surface area contributed by atoms with Crippen molar-refractivity contribution in [2.45, 2.75) is 26.8 Å². The molecule has 2 aromatic rings. The number of aryl methyl sites for hydroxylation is 1. The van der Waals surface area contributed by atoms with Gasteiger partial charge in [0, 0.05) is 15.8 Å². The summed E-state index contributed by atoms with van der Waals surface area (Å²) in [6, 6.07) is 1.99. The SMILES string of the molecule is CCOC(=O)c1nc(CC)n(Cc2sccc2Br)c1N. The van der Waals surface area contributed by atoms with Crippen LogP contribution in [0.25, 0.3) is 0 Å². The Hall–Kier alpha value is -1.34. The smallest absolute Gasteiger partial charge is 0.360 e. The molecule has 2 N–H and O–H groups in total. The summed E-state index contributed by atoms with van der Waals surface area (Å²) in [5, 5.41) is 2.00. The van der Waals surface area contributed by atoms with E-state index in [2.05, 4.69) is 20.9 Å². The number of halogens is 1. The standard InChI is InChI=1S/C13H16BrN3O2S/c1-3-10-16-11(13(18)19-4-2)12(15)17(10)7-9-8(14)5-6-20-9/h5-6H,3-4,7,15H2,1-2H3. The highest BCUT2D eigenvalue weighted by Crippen LogP contribution is 2.26. The molecule has 0 bridgehead atoms. The zero-order valence-electron chi connectivity index (χ0n) is 11.4. The highest BCUT2D eigenvalue weighted by molar-refractivity contribution is 9.10. The molecule has 0 saturated heterocycles. The number of ether oxygens (including phenoxy) is 1. The Morgan fingerprint density at radius 3 is 2.85 bits per heavy atom. The first-order valence-corrected chi connectivity index (χ1v) is 7.99. The van der Waals surface area contributed by atoms with Crippen molar-refractivity contribution in [1.82, 2.24) is 9.55 Å². The van der Waals surface area contributed by atoms with Gasteiger partial charge in [0.15, 0.2) is 5.69 Å². The van der Waals surface area contributed by atoms with E-state index in [1.807, 2.05) is 22.9 Å². The van der Waals surface area contributed by atoms with Gasteiger partial charge in [-0.1, -0.05) is 6.92 Å². The van der Waals surface area contributed by atoms with Crippen LogP contribution in [-0.4, -0.2) is 22.1 Å². The summed E-state index contributed by atoms with van der Waals surface area (Å²) in [6.07, 6.45) is 0.701. The molecule has 0 aliphatic carbocycles. The minimum absolute atomic E-state index is 0.205. The molecule has 2 aromatic heterocycles. The number of aromatic nitrogens is 2. The predicted molar refractivity (Wildman–Crippen MR) is 83.1 cm³/mol. The summed E-state index contributed by atoms with van der Waals surface area (Å²) in [7, 11) is 0. The van der Waals surface area contributed by atoms with Gasteiger partial charge in [0.2, 0.25) is 0 Å². The number of imidazole rings is 1. The minimum atomic E-state index is -0.469. The van der Waals surface area contributed by atoms with Gasteiger partial charge >= 0.3 is 5.97 Å². The maximum Gasteiger partial charge on any atom is 0.360 e. The van der Waals surface area contributed by atoms with E-state index in [1.54, 1.807) is 18.3 Å². The Morgan fingerprint density at radius 1 is 1.55 bits per heavy atom. The average molecular weight is 358 g/mol. The third kappa shape index (κ3) is 2.88. The lowest BCUT2D eigenvalue weighted by atomic mass is 10.4. The van der Waals surface area contributed by atoms with Crippen LogP contribution in [0.2, 0.25) is 0 Å². The van der Waals surface area contributed by atoms with Gasteiger partial charge in [0.1, 0.15) is 11.6 Å². The maximum absolute atomic E-state index is 11.8. The number of esters is 1. The first kappa shape index (κ1) is 15.1. The van der Waals surface area contributed by atoms with Crippen LogP contribution in [-0.2, 0) is 17.7 Å². The number of carbonyl (C=O) groups is 1. The van der Waals surface area contributed by atoms with Gasteiger partial charge in [0.05, 0.1) is 13.2 Å². The molecule has 0 aliphatic heterocycles. The quantitative estimate of drug-likeness (QED) is 0.834. The molecule has 2 heterocycles. The van der Waals surface area contributed by atoms with E-state index < -0.39 is 5.97 Å². The number of carbonyl (C=O) groups excluding carboxylic acids is 1. The van der Waals surface area contributed by atoms with Crippen LogP contribution < -0.4 is 5.73 Å². The van der Waals surface area contributed by atoms with Crippen LogP contribution in [0.15, 0.2) is 15.9 Å². The second kappa shape index (κ2) is 6.41. The summed E-state index contributed by atoms with van der Waals surface area (Å²) in [5.41, 5.74) is 6.27.